The molecule has 3 rings (SSSR count). The summed E-state index contributed by atoms with van der Waals surface area (Å²) in [5, 5.41) is 3.43. The van der Waals surface area contributed by atoms with Crippen LogP contribution < -0.4 is 10.1 Å². The number of nitrogens with one attached hydrogen (secondary N) is 1. The van der Waals surface area contributed by atoms with Gasteiger partial charge in [0.05, 0.1) is 11.4 Å². The molecular formula is C14H13NO. The van der Waals surface area contributed by atoms with Gasteiger partial charge in [-0.05, 0) is 30.2 Å². The summed E-state index contributed by atoms with van der Waals surface area (Å²) in [6.45, 7) is 2.15. The fourth-order valence-electron chi connectivity index (χ4n) is 2.01. The molecule has 0 aliphatic carbocycles. The Hall–Kier alpha value is -1.96. The lowest BCUT2D eigenvalue weighted by atomic mass is 10.1. The molecule has 1 aliphatic rings. The summed E-state index contributed by atoms with van der Waals surface area (Å²) in [6, 6.07) is 14.2. The minimum absolute atomic E-state index is 0.892. The van der Waals surface area contributed by atoms with Gasteiger partial charge in [-0.25, -0.2) is 0 Å². The Kier molecular flexibility index (Phi) is 2.07. The Labute approximate surface area is 94.9 Å². The molecule has 16 heavy (non-hydrogen) atoms. The first-order valence-corrected chi connectivity index (χ1v) is 5.54. The van der Waals surface area contributed by atoms with Crippen molar-refractivity contribution < 1.29 is 4.74 Å². The number of para-hydroxylation sites is 3. The Morgan fingerprint density at radius 3 is 2.69 bits per heavy atom. The van der Waals surface area contributed by atoms with Crippen LogP contribution in [0.5, 0.6) is 11.5 Å². The zero-order valence-electron chi connectivity index (χ0n) is 9.16. The van der Waals surface area contributed by atoms with E-state index in [1.54, 1.807) is 0 Å². The molecule has 2 heteroatoms. The second-order valence-electron chi connectivity index (χ2n) is 3.87. The molecule has 0 bridgehead atoms. The Balaban J connectivity index is 2.12. The molecule has 0 unspecified atom stereocenters. The van der Waals surface area contributed by atoms with E-state index in [2.05, 4.69) is 18.3 Å². The average Bonchev–Trinajstić information content (AvgIpc) is 2.35. The van der Waals surface area contributed by atoms with Crippen LogP contribution in [0.25, 0.3) is 0 Å². The maximum atomic E-state index is 5.86. The molecule has 0 saturated heterocycles. The lowest BCUT2D eigenvalue weighted by Crippen LogP contribution is -2.04. The molecule has 1 heterocycles. The summed E-state index contributed by atoms with van der Waals surface area (Å²) in [6.07, 6.45) is 1.00. The molecular weight excluding hydrogens is 198 g/mol. The Morgan fingerprint density at radius 2 is 1.81 bits per heavy atom. The third-order valence-electron chi connectivity index (χ3n) is 2.86. The van der Waals surface area contributed by atoms with Crippen LogP contribution in [0.1, 0.15) is 12.5 Å². The van der Waals surface area contributed by atoms with Gasteiger partial charge in [-0.3, -0.25) is 0 Å². The van der Waals surface area contributed by atoms with E-state index in [-0.39, 0.29) is 0 Å². The maximum absolute atomic E-state index is 5.86. The summed E-state index contributed by atoms with van der Waals surface area (Å²) in [7, 11) is 0. The van der Waals surface area contributed by atoms with E-state index in [4.69, 9.17) is 4.74 Å². The van der Waals surface area contributed by atoms with Crippen molar-refractivity contribution in [1.82, 2.24) is 0 Å². The van der Waals surface area contributed by atoms with E-state index in [0.29, 0.717) is 0 Å². The van der Waals surface area contributed by atoms with Crippen LogP contribution in [0.3, 0.4) is 0 Å². The molecule has 2 nitrogen and oxygen atoms in total. The molecule has 0 radical (unpaired) electrons. The van der Waals surface area contributed by atoms with Gasteiger partial charge in [0, 0.05) is 0 Å². The van der Waals surface area contributed by atoms with Crippen molar-refractivity contribution in [2.45, 2.75) is 13.3 Å². The van der Waals surface area contributed by atoms with E-state index in [9.17, 15) is 0 Å². The van der Waals surface area contributed by atoms with Crippen LogP contribution in [0.15, 0.2) is 42.5 Å². The van der Waals surface area contributed by atoms with E-state index < -0.39 is 0 Å². The molecule has 0 atom stereocenters. The second kappa shape index (κ2) is 3.56. The monoisotopic (exact) mass is 211 g/mol. The molecule has 2 aromatic carbocycles. The molecule has 0 spiro atoms. The number of hydrogen-bond acceptors (Lipinski definition) is 2. The quantitative estimate of drug-likeness (QED) is 0.654. The number of benzene rings is 2. The number of anilines is 2. The molecule has 1 aliphatic heterocycles. The lowest BCUT2D eigenvalue weighted by Gasteiger charge is -2.23. The van der Waals surface area contributed by atoms with E-state index >= 15 is 0 Å². The standard InChI is InChI=1S/C14H13NO/c1-2-10-6-5-9-13-14(10)15-11-7-3-4-8-12(11)16-13/h3-9,15H,2H2,1H3. The van der Waals surface area contributed by atoms with Crippen LogP contribution in [-0.4, -0.2) is 0 Å². The largest absolute Gasteiger partial charge is 0.453 e. The second-order valence-corrected chi connectivity index (χ2v) is 3.87. The highest BCUT2D eigenvalue weighted by atomic mass is 16.5. The summed E-state index contributed by atoms with van der Waals surface area (Å²) in [4.78, 5) is 0. The third-order valence-corrected chi connectivity index (χ3v) is 2.86. The highest BCUT2D eigenvalue weighted by Crippen LogP contribution is 2.43. The summed E-state index contributed by atoms with van der Waals surface area (Å²) < 4.78 is 5.86. The van der Waals surface area contributed by atoms with Gasteiger partial charge < -0.3 is 10.1 Å². The number of ether oxygens (including phenoxy) is 1. The summed E-state index contributed by atoms with van der Waals surface area (Å²) >= 11 is 0. The summed E-state index contributed by atoms with van der Waals surface area (Å²) in [5.74, 6) is 1.81. The van der Waals surface area contributed by atoms with Gasteiger partial charge in [0.25, 0.3) is 0 Å². The molecule has 1 N–H and O–H groups in total. The predicted octanol–water partition coefficient (Wildman–Crippen LogP) is 4.10. The van der Waals surface area contributed by atoms with E-state index in [1.165, 1.54) is 5.56 Å². The van der Waals surface area contributed by atoms with Gasteiger partial charge >= 0.3 is 0 Å². The van der Waals surface area contributed by atoms with Crippen molar-refractivity contribution >= 4 is 11.4 Å². The Bertz CT molecular complexity index is 534. The van der Waals surface area contributed by atoms with Gasteiger partial charge in [-0.1, -0.05) is 31.2 Å². The van der Waals surface area contributed by atoms with Crippen molar-refractivity contribution in [1.29, 1.82) is 0 Å². The predicted molar refractivity (Wildman–Crippen MR) is 65.6 cm³/mol. The zero-order valence-corrected chi connectivity index (χ0v) is 9.16. The summed E-state index contributed by atoms with van der Waals surface area (Å²) in [5.41, 5.74) is 3.42. The fourth-order valence-corrected chi connectivity index (χ4v) is 2.01. The molecule has 0 saturated carbocycles. The average molecular weight is 211 g/mol. The van der Waals surface area contributed by atoms with E-state index in [0.717, 1.165) is 29.3 Å². The minimum Gasteiger partial charge on any atom is -0.453 e. The van der Waals surface area contributed by atoms with Gasteiger partial charge in [-0.15, -0.1) is 0 Å². The Morgan fingerprint density at radius 1 is 1.00 bits per heavy atom. The van der Waals surface area contributed by atoms with Crippen LogP contribution in [0.2, 0.25) is 0 Å². The molecule has 0 fully saturated rings. The highest BCUT2D eigenvalue weighted by Gasteiger charge is 2.17. The van der Waals surface area contributed by atoms with Gasteiger partial charge in [0.1, 0.15) is 0 Å². The van der Waals surface area contributed by atoms with Crippen molar-refractivity contribution in [2.24, 2.45) is 0 Å². The lowest BCUT2D eigenvalue weighted by molar-refractivity contribution is 0.480. The van der Waals surface area contributed by atoms with Gasteiger partial charge in [0.15, 0.2) is 11.5 Å². The van der Waals surface area contributed by atoms with Gasteiger partial charge in [-0.2, -0.15) is 0 Å². The first kappa shape index (κ1) is 9.28. The topological polar surface area (TPSA) is 21.3 Å². The maximum Gasteiger partial charge on any atom is 0.151 e. The fraction of sp³-hybridized carbons (Fsp3) is 0.143. The van der Waals surface area contributed by atoms with Crippen molar-refractivity contribution in [2.75, 3.05) is 5.32 Å². The van der Waals surface area contributed by atoms with Crippen molar-refractivity contribution in [3.8, 4) is 11.5 Å². The molecule has 0 aromatic heterocycles. The smallest absolute Gasteiger partial charge is 0.151 e. The van der Waals surface area contributed by atoms with Crippen molar-refractivity contribution in [3.05, 3.63) is 48.0 Å². The number of fused-ring (bicyclic) bond motifs is 2. The SMILES string of the molecule is CCc1cccc2c1Nc1ccccc1O2. The van der Waals surface area contributed by atoms with Crippen LogP contribution in [-0.2, 0) is 6.42 Å². The number of aryl methyl sites for hydroxylation is 1. The van der Waals surface area contributed by atoms with Crippen molar-refractivity contribution in [3.63, 3.8) is 0 Å². The minimum atomic E-state index is 0.892. The first-order chi connectivity index (χ1) is 7.88. The normalized spacial score (nSPS) is 12.1. The first-order valence-electron chi connectivity index (χ1n) is 5.54. The number of hydrogen-bond donors (Lipinski definition) is 1. The number of rotatable bonds is 1. The third kappa shape index (κ3) is 1.34. The molecule has 2 aromatic rings. The van der Waals surface area contributed by atoms with Crippen LogP contribution in [0.4, 0.5) is 11.4 Å². The molecule has 0 amide bonds. The van der Waals surface area contributed by atoms with Crippen LogP contribution in [0, 0.1) is 0 Å². The zero-order chi connectivity index (χ0) is 11.0. The molecule has 80 valence electrons. The van der Waals surface area contributed by atoms with Crippen LogP contribution >= 0.6 is 0 Å². The van der Waals surface area contributed by atoms with Gasteiger partial charge in [0.2, 0.25) is 0 Å². The van der Waals surface area contributed by atoms with E-state index in [1.807, 2.05) is 36.4 Å². The highest BCUT2D eigenvalue weighted by molar-refractivity contribution is 5.77.